The van der Waals surface area contributed by atoms with Gasteiger partial charge in [-0.2, -0.15) is 5.26 Å². The van der Waals surface area contributed by atoms with Gasteiger partial charge in [0, 0.05) is 11.1 Å². The number of nitrogens with zero attached hydrogens (tertiary/aromatic N) is 1. The van der Waals surface area contributed by atoms with Gasteiger partial charge in [0.1, 0.15) is 23.3 Å². The monoisotopic (exact) mass is 245 g/mol. The third kappa shape index (κ3) is 2.68. The number of hydrogen-bond acceptors (Lipinski definition) is 3. The molecule has 0 bridgehead atoms. The van der Waals surface area contributed by atoms with E-state index in [4.69, 9.17) is 26.7 Å². The van der Waals surface area contributed by atoms with E-state index in [1.807, 2.05) is 6.07 Å². The van der Waals surface area contributed by atoms with Crippen molar-refractivity contribution in [1.29, 1.82) is 5.26 Å². The normalized spacial score (nSPS) is 9.65. The van der Waals surface area contributed by atoms with Crippen LogP contribution in [0.15, 0.2) is 42.5 Å². The lowest BCUT2D eigenvalue weighted by atomic mass is 10.2. The molecule has 0 saturated heterocycles. The van der Waals surface area contributed by atoms with Crippen molar-refractivity contribution in [2.75, 3.05) is 0 Å². The summed E-state index contributed by atoms with van der Waals surface area (Å²) < 4.78 is 5.52. The van der Waals surface area contributed by atoms with Gasteiger partial charge in [-0.05, 0) is 36.4 Å². The third-order valence-corrected chi connectivity index (χ3v) is 2.36. The molecule has 0 aromatic heterocycles. The Morgan fingerprint density at radius 2 is 1.82 bits per heavy atom. The van der Waals surface area contributed by atoms with E-state index in [1.54, 1.807) is 30.3 Å². The molecule has 0 saturated carbocycles. The van der Waals surface area contributed by atoms with E-state index in [0.29, 0.717) is 22.1 Å². The number of benzene rings is 2. The number of ether oxygens (including phenoxy) is 1. The van der Waals surface area contributed by atoms with Crippen LogP contribution < -0.4 is 4.74 Å². The number of phenols is 1. The molecule has 0 aliphatic carbocycles. The standard InChI is InChI=1S/C13H8ClNO2/c14-10-2-1-9(8-15)13(7-10)17-12-5-3-11(16)4-6-12/h1-7,16H. The van der Waals surface area contributed by atoms with Crippen LogP contribution >= 0.6 is 11.6 Å². The second-order valence-electron chi connectivity index (χ2n) is 3.35. The van der Waals surface area contributed by atoms with Crippen LogP contribution in [0.3, 0.4) is 0 Å². The quantitative estimate of drug-likeness (QED) is 0.878. The minimum Gasteiger partial charge on any atom is -0.508 e. The molecule has 84 valence electrons. The van der Waals surface area contributed by atoms with Gasteiger partial charge in [-0.3, -0.25) is 0 Å². The summed E-state index contributed by atoms with van der Waals surface area (Å²) in [5.41, 5.74) is 0.405. The topological polar surface area (TPSA) is 53.2 Å². The zero-order chi connectivity index (χ0) is 12.3. The molecule has 1 N–H and O–H groups in total. The summed E-state index contributed by atoms with van der Waals surface area (Å²) in [7, 11) is 0. The fourth-order valence-corrected chi connectivity index (χ4v) is 1.48. The van der Waals surface area contributed by atoms with Crippen molar-refractivity contribution in [3.05, 3.63) is 53.1 Å². The van der Waals surface area contributed by atoms with Crippen LogP contribution in [0.4, 0.5) is 0 Å². The molecule has 0 unspecified atom stereocenters. The van der Waals surface area contributed by atoms with Gasteiger partial charge in [-0.1, -0.05) is 11.6 Å². The third-order valence-electron chi connectivity index (χ3n) is 2.13. The predicted molar refractivity (Wildman–Crippen MR) is 64.3 cm³/mol. The Morgan fingerprint density at radius 1 is 1.12 bits per heavy atom. The van der Waals surface area contributed by atoms with Crippen LogP contribution in [0.25, 0.3) is 0 Å². The molecule has 2 aromatic carbocycles. The Morgan fingerprint density at radius 3 is 2.47 bits per heavy atom. The lowest BCUT2D eigenvalue weighted by Gasteiger charge is -2.07. The van der Waals surface area contributed by atoms with Gasteiger partial charge >= 0.3 is 0 Å². The molecule has 0 atom stereocenters. The summed E-state index contributed by atoms with van der Waals surface area (Å²) in [5, 5.41) is 18.6. The van der Waals surface area contributed by atoms with Crippen molar-refractivity contribution < 1.29 is 9.84 Å². The zero-order valence-electron chi connectivity index (χ0n) is 8.72. The molecule has 0 heterocycles. The van der Waals surface area contributed by atoms with Gasteiger partial charge < -0.3 is 9.84 Å². The molecular weight excluding hydrogens is 238 g/mol. The maximum Gasteiger partial charge on any atom is 0.146 e. The first-order valence-electron chi connectivity index (χ1n) is 4.85. The summed E-state index contributed by atoms with van der Waals surface area (Å²) in [6.07, 6.45) is 0. The molecule has 0 spiro atoms. The molecule has 0 fully saturated rings. The van der Waals surface area contributed by atoms with Gasteiger partial charge in [0.05, 0.1) is 5.56 Å². The predicted octanol–water partition coefficient (Wildman–Crippen LogP) is 3.71. The van der Waals surface area contributed by atoms with Crippen molar-refractivity contribution in [3.8, 4) is 23.3 Å². The van der Waals surface area contributed by atoms with E-state index >= 15 is 0 Å². The first-order valence-corrected chi connectivity index (χ1v) is 5.23. The van der Waals surface area contributed by atoms with Gasteiger partial charge in [0.15, 0.2) is 0 Å². The van der Waals surface area contributed by atoms with Crippen molar-refractivity contribution >= 4 is 11.6 Å². The van der Waals surface area contributed by atoms with Gasteiger partial charge in [-0.25, -0.2) is 0 Å². The van der Waals surface area contributed by atoms with Crippen molar-refractivity contribution in [3.63, 3.8) is 0 Å². The highest BCUT2D eigenvalue weighted by Crippen LogP contribution is 2.28. The summed E-state index contributed by atoms with van der Waals surface area (Å²) in [6, 6.07) is 13.1. The van der Waals surface area contributed by atoms with E-state index in [9.17, 15) is 0 Å². The second kappa shape index (κ2) is 4.77. The van der Waals surface area contributed by atoms with Gasteiger partial charge in [0.25, 0.3) is 0 Å². The number of hydrogen-bond donors (Lipinski definition) is 1. The Balaban J connectivity index is 2.32. The highest BCUT2D eigenvalue weighted by atomic mass is 35.5. The molecule has 3 nitrogen and oxygen atoms in total. The molecule has 0 aliphatic rings. The molecule has 2 rings (SSSR count). The summed E-state index contributed by atoms with van der Waals surface area (Å²) in [6.45, 7) is 0. The van der Waals surface area contributed by atoms with Crippen LogP contribution in [-0.4, -0.2) is 5.11 Å². The number of rotatable bonds is 2. The van der Waals surface area contributed by atoms with E-state index < -0.39 is 0 Å². The zero-order valence-corrected chi connectivity index (χ0v) is 9.48. The number of aromatic hydroxyl groups is 1. The molecular formula is C13H8ClNO2. The van der Waals surface area contributed by atoms with Gasteiger partial charge in [-0.15, -0.1) is 0 Å². The van der Waals surface area contributed by atoms with Gasteiger partial charge in [0.2, 0.25) is 0 Å². The minimum atomic E-state index is 0.156. The maximum atomic E-state index is 9.14. The highest BCUT2D eigenvalue weighted by Gasteiger charge is 2.05. The number of nitriles is 1. The maximum absolute atomic E-state index is 9.14. The largest absolute Gasteiger partial charge is 0.508 e. The van der Waals surface area contributed by atoms with E-state index in [2.05, 4.69) is 0 Å². The van der Waals surface area contributed by atoms with Crippen LogP contribution in [0.2, 0.25) is 5.02 Å². The van der Waals surface area contributed by atoms with Crippen molar-refractivity contribution in [1.82, 2.24) is 0 Å². The fraction of sp³-hybridized carbons (Fsp3) is 0. The number of phenolic OH excluding ortho intramolecular Hbond substituents is 1. The van der Waals surface area contributed by atoms with Crippen LogP contribution in [0, 0.1) is 11.3 Å². The molecule has 4 heteroatoms. The molecule has 2 aromatic rings. The summed E-state index contributed by atoms with van der Waals surface area (Å²) >= 11 is 5.84. The second-order valence-corrected chi connectivity index (χ2v) is 3.78. The Kier molecular flexibility index (Phi) is 3.17. The molecule has 0 radical (unpaired) electrons. The Hall–Kier alpha value is -2.18. The fourth-order valence-electron chi connectivity index (χ4n) is 1.31. The lowest BCUT2D eigenvalue weighted by Crippen LogP contribution is -1.87. The molecule has 0 amide bonds. The summed E-state index contributed by atoms with van der Waals surface area (Å²) in [5.74, 6) is 1.08. The Bertz CT molecular complexity index is 573. The smallest absolute Gasteiger partial charge is 0.146 e. The van der Waals surface area contributed by atoms with E-state index in [0.717, 1.165) is 0 Å². The first kappa shape index (κ1) is 11.3. The SMILES string of the molecule is N#Cc1ccc(Cl)cc1Oc1ccc(O)cc1. The summed E-state index contributed by atoms with van der Waals surface area (Å²) in [4.78, 5) is 0. The molecule has 0 aliphatic heterocycles. The van der Waals surface area contributed by atoms with Crippen LogP contribution in [-0.2, 0) is 0 Å². The Labute approximate surface area is 103 Å². The average molecular weight is 246 g/mol. The highest BCUT2D eigenvalue weighted by molar-refractivity contribution is 6.30. The van der Waals surface area contributed by atoms with Crippen molar-refractivity contribution in [2.45, 2.75) is 0 Å². The number of halogens is 1. The minimum absolute atomic E-state index is 0.156. The lowest BCUT2D eigenvalue weighted by molar-refractivity contribution is 0.464. The van der Waals surface area contributed by atoms with Crippen LogP contribution in [0.5, 0.6) is 17.2 Å². The van der Waals surface area contributed by atoms with Crippen LogP contribution in [0.1, 0.15) is 5.56 Å². The van der Waals surface area contributed by atoms with Crippen molar-refractivity contribution in [2.24, 2.45) is 0 Å². The molecule has 17 heavy (non-hydrogen) atoms. The first-order chi connectivity index (χ1) is 8.19. The average Bonchev–Trinajstić information content (AvgIpc) is 2.32. The van der Waals surface area contributed by atoms with E-state index in [-0.39, 0.29) is 5.75 Å². The van der Waals surface area contributed by atoms with E-state index in [1.165, 1.54) is 12.1 Å².